The third-order valence-corrected chi connectivity index (χ3v) is 6.98. The quantitative estimate of drug-likeness (QED) is 0.531. The number of piperidine rings is 1. The molecule has 2 aromatic rings. The van der Waals surface area contributed by atoms with Crippen LogP contribution in [-0.2, 0) is 11.0 Å². The number of hydrogen-bond acceptors (Lipinski definition) is 8. The van der Waals surface area contributed by atoms with Crippen LogP contribution in [0, 0.1) is 11.3 Å². The van der Waals surface area contributed by atoms with Crippen molar-refractivity contribution in [2.45, 2.75) is 62.5 Å². The zero-order valence-corrected chi connectivity index (χ0v) is 19.6. The minimum absolute atomic E-state index is 0.0205. The van der Waals surface area contributed by atoms with E-state index >= 15 is 0 Å². The highest BCUT2D eigenvalue weighted by Gasteiger charge is 2.43. The van der Waals surface area contributed by atoms with Crippen LogP contribution < -0.4 is 26.0 Å². The first-order valence-corrected chi connectivity index (χ1v) is 11.9. The Bertz CT molecular complexity index is 1270. The summed E-state index contributed by atoms with van der Waals surface area (Å²) in [4.78, 5) is 34.9. The van der Waals surface area contributed by atoms with Crippen LogP contribution in [0.2, 0.25) is 0 Å². The number of nitrogens with zero attached hydrogens (tertiary/aromatic N) is 4. The van der Waals surface area contributed by atoms with Crippen molar-refractivity contribution >= 4 is 23.6 Å². The number of nitrogens with two attached hydrogens (primary N) is 1. The van der Waals surface area contributed by atoms with Gasteiger partial charge in [0.25, 0.3) is 5.91 Å². The van der Waals surface area contributed by atoms with Gasteiger partial charge in [-0.15, -0.1) is 0 Å². The second kappa shape index (κ2) is 9.42. The summed E-state index contributed by atoms with van der Waals surface area (Å²) in [6.45, 7) is 0.543. The van der Waals surface area contributed by atoms with E-state index in [2.05, 4.69) is 20.6 Å². The maximum Gasteiger partial charge on any atom is 0.416 e. The molecule has 1 aromatic heterocycles. The van der Waals surface area contributed by atoms with Gasteiger partial charge in [0.05, 0.1) is 11.1 Å². The maximum absolute atomic E-state index is 13.0. The van der Waals surface area contributed by atoms with Crippen molar-refractivity contribution < 1.29 is 27.5 Å². The number of alkyl halides is 3. The van der Waals surface area contributed by atoms with Crippen molar-refractivity contribution in [3.63, 3.8) is 0 Å². The molecule has 2 amide bonds. The molecule has 4 heterocycles. The normalized spacial score (nSPS) is 24.9. The van der Waals surface area contributed by atoms with E-state index in [-0.39, 0.29) is 41.1 Å². The van der Waals surface area contributed by atoms with E-state index in [9.17, 15) is 28.0 Å². The minimum atomic E-state index is -4.55. The van der Waals surface area contributed by atoms with Crippen LogP contribution in [0.5, 0.6) is 5.75 Å². The Hall–Kier alpha value is -4.08. The summed E-state index contributed by atoms with van der Waals surface area (Å²) in [5, 5.41) is 15.2. The molecule has 4 N–H and O–H groups in total. The lowest BCUT2D eigenvalue weighted by atomic mass is 9.99. The molecule has 1 aromatic carbocycles. The molecule has 2 bridgehead atoms. The molecule has 5 rings (SSSR count). The van der Waals surface area contributed by atoms with Gasteiger partial charge in [0.2, 0.25) is 11.9 Å². The Labute approximate surface area is 210 Å². The van der Waals surface area contributed by atoms with Crippen molar-refractivity contribution in [2.75, 3.05) is 16.8 Å². The number of nitrogens with one attached hydrogen (secondary N) is 2. The van der Waals surface area contributed by atoms with Crippen molar-refractivity contribution in [1.82, 2.24) is 15.3 Å². The third kappa shape index (κ3) is 4.96. The summed E-state index contributed by atoms with van der Waals surface area (Å²) >= 11 is 0. The molecule has 0 radical (unpaired) electrons. The Kier molecular flexibility index (Phi) is 6.26. The predicted octanol–water partition coefficient (Wildman–Crippen LogP) is 2.35. The van der Waals surface area contributed by atoms with Crippen molar-refractivity contribution in [2.24, 2.45) is 5.73 Å². The molecular weight excluding hydrogens is 491 g/mol. The largest absolute Gasteiger partial charge is 0.489 e. The predicted molar refractivity (Wildman–Crippen MR) is 125 cm³/mol. The molecule has 0 aliphatic carbocycles. The standard InChI is InChI=1S/C24H24F3N7O3/c25-24(26,27)13-1-4-19(12(7-13)11-28)37-16-8-14-2-3-15(9-16)34(14)23-32-18(21(29)35)10-20(33-23)31-17-5-6-30-22(17)36/h1,4,7,10,14-17H,2-3,5-6,8-9H2,(H2,29,35)(H,30,36)(H,31,32,33)/t14-,15+,16+,17-/m0/s1. The highest BCUT2D eigenvalue weighted by atomic mass is 19.4. The molecule has 0 saturated carbocycles. The lowest BCUT2D eigenvalue weighted by Crippen LogP contribution is -2.47. The Morgan fingerprint density at radius 1 is 1.19 bits per heavy atom. The summed E-state index contributed by atoms with van der Waals surface area (Å²) in [5.41, 5.74) is 4.45. The van der Waals surface area contributed by atoms with Crippen LogP contribution in [0.3, 0.4) is 0 Å². The fraction of sp³-hybridized carbons (Fsp3) is 0.458. The van der Waals surface area contributed by atoms with Gasteiger partial charge >= 0.3 is 6.18 Å². The first kappa shape index (κ1) is 24.6. The van der Waals surface area contributed by atoms with Crippen LogP contribution in [0.25, 0.3) is 0 Å². The number of carbonyl (C=O) groups is 2. The summed E-state index contributed by atoms with van der Waals surface area (Å²) in [6.07, 6.45) is -1.63. The van der Waals surface area contributed by atoms with Crippen LogP contribution in [0.1, 0.15) is 53.7 Å². The van der Waals surface area contributed by atoms with E-state index < -0.39 is 23.7 Å². The Morgan fingerprint density at radius 3 is 2.51 bits per heavy atom. The van der Waals surface area contributed by atoms with Gasteiger partial charge in [-0.1, -0.05) is 0 Å². The molecule has 3 fully saturated rings. The molecule has 0 unspecified atom stereocenters. The second-order valence-corrected chi connectivity index (χ2v) is 9.40. The van der Waals surface area contributed by atoms with Crippen LogP contribution in [0.4, 0.5) is 24.9 Å². The molecular formula is C24H24F3N7O3. The van der Waals surface area contributed by atoms with Gasteiger partial charge in [0.1, 0.15) is 35.5 Å². The van der Waals surface area contributed by atoms with E-state index in [1.54, 1.807) is 6.07 Å². The summed E-state index contributed by atoms with van der Waals surface area (Å²) in [7, 11) is 0. The number of ether oxygens (including phenoxy) is 1. The monoisotopic (exact) mass is 515 g/mol. The highest BCUT2D eigenvalue weighted by molar-refractivity contribution is 5.92. The number of benzene rings is 1. The lowest BCUT2D eigenvalue weighted by Gasteiger charge is -2.39. The Balaban J connectivity index is 1.35. The number of amides is 2. The average molecular weight is 515 g/mol. The number of fused-ring (bicyclic) bond motifs is 2. The number of aromatic nitrogens is 2. The molecule has 4 atom stereocenters. The number of anilines is 2. The van der Waals surface area contributed by atoms with Gasteiger partial charge in [-0.3, -0.25) is 9.59 Å². The molecule has 13 heteroatoms. The summed E-state index contributed by atoms with van der Waals surface area (Å²) in [5.74, 6) is -0.127. The first-order chi connectivity index (χ1) is 17.6. The molecule has 3 aliphatic heterocycles. The summed E-state index contributed by atoms with van der Waals surface area (Å²) < 4.78 is 45.1. The van der Waals surface area contributed by atoms with Crippen LogP contribution >= 0.6 is 0 Å². The topological polar surface area (TPSA) is 146 Å². The van der Waals surface area contributed by atoms with E-state index in [1.807, 2.05) is 4.90 Å². The van der Waals surface area contributed by atoms with Crippen molar-refractivity contribution in [3.05, 3.63) is 41.1 Å². The molecule has 0 spiro atoms. The van der Waals surface area contributed by atoms with Gasteiger partial charge in [-0.2, -0.15) is 23.4 Å². The first-order valence-electron chi connectivity index (χ1n) is 11.9. The summed E-state index contributed by atoms with van der Waals surface area (Å²) in [6, 6.07) is 5.53. The second-order valence-electron chi connectivity index (χ2n) is 9.40. The number of primary amides is 1. The van der Waals surface area contributed by atoms with E-state index in [1.165, 1.54) is 12.1 Å². The van der Waals surface area contributed by atoms with Crippen molar-refractivity contribution in [1.29, 1.82) is 5.26 Å². The van der Waals surface area contributed by atoms with Crippen molar-refractivity contribution in [3.8, 4) is 11.8 Å². The number of rotatable bonds is 6. The number of halogens is 3. The zero-order chi connectivity index (χ0) is 26.3. The smallest absolute Gasteiger partial charge is 0.416 e. The lowest BCUT2D eigenvalue weighted by molar-refractivity contribution is -0.137. The molecule has 3 saturated heterocycles. The number of hydrogen-bond donors (Lipinski definition) is 3. The third-order valence-electron chi connectivity index (χ3n) is 6.98. The number of nitriles is 1. The van der Waals surface area contributed by atoms with E-state index in [0.717, 1.165) is 25.0 Å². The molecule has 194 valence electrons. The molecule has 3 aliphatic rings. The van der Waals surface area contributed by atoms with Gasteiger partial charge in [0, 0.05) is 37.5 Å². The molecule has 37 heavy (non-hydrogen) atoms. The van der Waals surface area contributed by atoms with Crippen LogP contribution in [-0.4, -0.2) is 52.6 Å². The highest BCUT2D eigenvalue weighted by Crippen LogP contribution is 2.40. The molecule has 10 nitrogen and oxygen atoms in total. The average Bonchev–Trinajstić information content (AvgIpc) is 3.37. The van der Waals surface area contributed by atoms with Crippen LogP contribution in [0.15, 0.2) is 24.3 Å². The SMILES string of the molecule is N#Cc1cc(C(F)(F)F)ccc1O[C@H]1C[C@H]2CC[C@@H](C1)N2c1nc(N[C@H]2CCNC2=O)cc(C(N)=O)n1. The zero-order valence-electron chi connectivity index (χ0n) is 19.6. The number of carbonyl (C=O) groups excluding carboxylic acids is 2. The van der Waals surface area contributed by atoms with E-state index in [4.69, 9.17) is 10.5 Å². The Morgan fingerprint density at radius 2 is 1.92 bits per heavy atom. The van der Waals surface area contributed by atoms with Gasteiger partial charge in [0.15, 0.2) is 0 Å². The van der Waals surface area contributed by atoms with E-state index in [0.29, 0.717) is 37.6 Å². The minimum Gasteiger partial charge on any atom is -0.489 e. The van der Waals surface area contributed by atoms with Gasteiger partial charge < -0.3 is 26.0 Å². The van der Waals surface area contributed by atoms with Gasteiger partial charge in [-0.05, 0) is 37.5 Å². The fourth-order valence-corrected chi connectivity index (χ4v) is 5.29. The maximum atomic E-state index is 13.0. The van der Waals surface area contributed by atoms with Gasteiger partial charge in [-0.25, -0.2) is 4.98 Å². The fourth-order valence-electron chi connectivity index (χ4n) is 5.29.